The van der Waals surface area contributed by atoms with Crippen LogP contribution < -0.4 is 4.90 Å². The monoisotopic (exact) mass is 611 g/mol. The van der Waals surface area contributed by atoms with Gasteiger partial charge in [-0.15, -0.1) is 0 Å². The molecule has 3 heterocycles. The molecule has 35 heavy (non-hydrogen) atoms. The average Bonchev–Trinajstić information content (AvgIpc) is 3.12. The number of anilines is 1. The highest BCUT2D eigenvalue weighted by atomic mass is 127. The van der Waals surface area contributed by atoms with Crippen molar-refractivity contribution < 1.29 is 17.9 Å². The second kappa shape index (κ2) is 9.23. The molecule has 1 fully saturated rings. The van der Waals surface area contributed by atoms with Crippen molar-refractivity contribution in [1.82, 2.24) is 18.8 Å². The van der Waals surface area contributed by atoms with Crippen LogP contribution in [0.25, 0.3) is 11.0 Å². The molecule has 1 saturated heterocycles. The summed E-state index contributed by atoms with van der Waals surface area (Å²) in [4.78, 5) is 25.7. The van der Waals surface area contributed by atoms with E-state index in [2.05, 4.69) is 37.5 Å². The normalized spacial score (nSPS) is 19.3. The molecule has 2 aromatic heterocycles. The van der Waals surface area contributed by atoms with Gasteiger partial charge in [-0.3, -0.25) is 0 Å². The van der Waals surface area contributed by atoms with E-state index >= 15 is 0 Å². The average molecular weight is 612 g/mol. The minimum absolute atomic E-state index is 0.0651. The zero-order chi connectivity index (χ0) is 25.7. The van der Waals surface area contributed by atoms with Crippen molar-refractivity contribution in [3.8, 4) is 0 Å². The Morgan fingerprint density at radius 1 is 1.09 bits per heavy atom. The van der Waals surface area contributed by atoms with Gasteiger partial charge < -0.3 is 14.5 Å². The first-order chi connectivity index (χ1) is 16.3. The van der Waals surface area contributed by atoms with Crippen LogP contribution in [-0.4, -0.2) is 64.1 Å². The fourth-order valence-corrected chi connectivity index (χ4v) is 6.47. The Labute approximate surface area is 219 Å². The van der Waals surface area contributed by atoms with Crippen LogP contribution in [0.3, 0.4) is 0 Å². The molecule has 0 radical (unpaired) electrons. The van der Waals surface area contributed by atoms with Gasteiger partial charge in [0.25, 0.3) is 10.0 Å². The fraction of sp³-hybridized carbons (Fsp3) is 0.458. The smallest absolute Gasteiger partial charge is 0.410 e. The summed E-state index contributed by atoms with van der Waals surface area (Å²) in [7, 11) is -3.84. The van der Waals surface area contributed by atoms with E-state index in [0.29, 0.717) is 29.9 Å². The standard InChI is InChI=1S/C24H30IN5O4S/c1-15-7-9-18(10-8-15)35(32,33)30-13-19(25)20-21(26-14-27-22(20)30)28-11-17(3)29(12-16(28)2)23(31)34-24(4,5)6/h7-10,13-14,16-17H,11-12H2,1-6H3/t16?,17-/m0/s1. The lowest BCUT2D eigenvalue weighted by atomic mass is 10.1. The van der Waals surface area contributed by atoms with E-state index in [4.69, 9.17) is 4.74 Å². The highest BCUT2D eigenvalue weighted by molar-refractivity contribution is 14.1. The number of ether oxygens (including phenoxy) is 1. The molecule has 9 nitrogen and oxygen atoms in total. The molecule has 11 heteroatoms. The number of hydrogen-bond donors (Lipinski definition) is 0. The lowest BCUT2D eigenvalue weighted by Crippen LogP contribution is -2.59. The van der Waals surface area contributed by atoms with E-state index in [9.17, 15) is 13.2 Å². The highest BCUT2D eigenvalue weighted by Crippen LogP contribution is 2.34. The summed E-state index contributed by atoms with van der Waals surface area (Å²) in [5, 5.41) is 0.675. The Morgan fingerprint density at radius 2 is 1.74 bits per heavy atom. The zero-order valence-electron chi connectivity index (χ0n) is 20.7. The predicted octanol–water partition coefficient (Wildman–Crippen LogP) is 4.42. The van der Waals surface area contributed by atoms with E-state index < -0.39 is 15.6 Å². The first-order valence-corrected chi connectivity index (χ1v) is 13.9. The first-order valence-electron chi connectivity index (χ1n) is 11.4. The maximum Gasteiger partial charge on any atom is 0.410 e. The summed E-state index contributed by atoms with van der Waals surface area (Å²) >= 11 is 2.13. The van der Waals surface area contributed by atoms with Crippen LogP contribution in [0.5, 0.6) is 0 Å². The molecular formula is C24H30IN5O4S. The number of piperazine rings is 1. The van der Waals surface area contributed by atoms with E-state index in [1.807, 2.05) is 41.5 Å². The quantitative estimate of drug-likeness (QED) is 0.405. The van der Waals surface area contributed by atoms with Crippen LogP contribution in [0, 0.1) is 10.5 Å². The molecule has 4 rings (SSSR count). The van der Waals surface area contributed by atoms with Gasteiger partial charge in [0.2, 0.25) is 0 Å². The molecule has 1 unspecified atom stereocenters. The number of amides is 1. The topological polar surface area (TPSA) is 97.6 Å². The molecule has 0 bridgehead atoms. The summed E-state index contributed by atoms with van der Waals surface area (Å²) in [6.07, 6.45) is 2.64. The maximum atomic E-state index is 13.4. The minimum Gasteiger partial charge on any atom is -0.444 e. The Bertz CT molecular complexity index is 1370. The molecule has 0 aliphatic carbocycles. The number of carbonyl (C=O) groups is 1. The second-order valence-electron chi connectivity index (χ2n) is 9.97. The van der Waals surface area contributed by atoms with Crippen LogP contribution in [0.4, 0.5) is 10.6 Å². The number of fused-ring (bicyclic) bond motifs is 1. The highest BCUT2D eigenvalue weighted by Gasteiger charge is 2.36. The van der Waals surface area contributed by atoms with E-state index in [-0.39, 0.29) is 23.1 Å². The molecule has 3 aromatic rings. The third-order valence-electron chi connectivity index (χ3n) is 5.95. The van der Waals surface area contributed by atoms with Crippen molar-refractivity contribution in [3.63, 3.8) is 0 Å². The lowest BCUT2D eigenvalue weighted by Gasteiger charge is -2.44. The van der Waals surface area contributed by atoms with Crippen molar-refractivity contribution >= 4 is 55.6 Å². The minimum atomic E-state index is -3.84. The fourth-order valence-electron chi connectivity index (χ4n) is 4.20. The molecule has 1 amide bonds. The Balaban J connectivity index is 1.71. The van der Waals surface area contributed by atoms with Crippen LogP contribution in [0.15, 0.2) is 41.7 Å². The van der Waals surface area contributed by atoms with Crippen LogP contribution in [-0.2, 0) is 14.8 Å². The first kappa shape index (κ1) is 25.7. The number of aryl methyl sites for hydroxylation is 1. The summed E-state index contributed by atoms with van der Waals surface area (Å²) in [6.45, 7) is 12.4. The van der Waals surface area contributed by atoms with Crippen molar-refractivity contribution in [2.75, 3.05) is 18.0 Å². The number of aromatic nitrogens is 3. The summed E-state index contributed by atoms with van der Waals surface area (Å²) in [6, 6.07) is 6.57. The maximum absolute atomic E-state index is 13.4. The number of hydrogen-bond acceptors (Lipinski definition) is 7. The number of benzene rings is 1. The summed E-state index contributed by atoms with van der Waals surface area (Å²) in [5.74, 6) is 0.653. The Kier molecular flexibility index (Phi) is 6.77. The number of halogens is 1. The Morgan fingerprint density at radius 3 is 2.37 bits per heavy atom. The predicted molar refractivity (Wildman–Crippen MR) is 143 cm³/mol. The molecule has 0 saturated carbocycles. The molecular weight excluding hydrogens is 581 g/mol. The molecule has 188 valence electrons. The van der Waals surface area contributed by atoms with Crippen LogP contribution in [0.2, 0.25) is 0 Å². The third-order valence-corrected chi connectivity index (χ3v) is 8.43. The van der Waals surface area contributed by atoms with Gasteiger partial charge in [-0.05, 0) is 76.3 Å². The van der Waals surface area contributed by atoms with Crippen molar-refractivity contribution in [3.05, 3.63) is 45.9 Å². The second-order valence-corrected chi connectivity index (χ2v) is 12.9. The Hall–Kier alpha value is -2.41. The zero-order valence-corrected chi connectivity index (χ0v) is 23.7. The summed E-state index contributed by atoms with van der Waals surface area (Å²) in [5.41, 5.74) is 0.737. The van der Waals surface area contributed by atoms with Gasteiger partial charge in [0, 0.05) is 34.9 Å². The number of rotatable bonds is 3. The molecule has 1 aliphatic heterocycles. The van der Waals surface area contributed by atoms with Crippen LogP contribution in [0.1, 0.15) is 40.2 Å². The van der Waals surface area contributed by atoms with E-state index in [1.54, 1.807) is 35.4 Å². The molecule has 0 N–H and O–H groups in total. The van der Waals surface area contributed by atoms with Gasteiger partial charge in [-0.2, -0.15) is 0 Å². The van der Waals surface area contributed by atoms with Gasteiger partial charge in [0.1, 0.15) is 17.7 Å². The number of nitrogens with zero attached hydrogens (tertiary/aromatic N) is 5. The van der Waals surface area contributed by atoms with Crippen molar-refractivity contribution in [2.45, 2.75) is 64.1 Å². The van der Waals surface area contributed by atoms with Gasteiger partial charge in [0.15, 0.2) is 5.65 Å². The van der Waals surface area contributed by atoms with E-state index in [1.165, 1.54) is 10.3 Å². The number of carbonyl (C=O) groups excluding carboxylic acids is 1. The van der Waals surface area contributed by atoms with Gasteiger partial charge >= 0.3 is 6.09 Å². The van der Waals surface area contributed by atoms with Crippen molar-refractivity contribution in [2.24, 2.45) is 0 Å². The van der Waals surface area contributed by atoms with Crippen molar-refractivity contribution in [1.29, 1.82) is 0 Å². The molecule has 2 atom stereocenters. The lowest BCUT2D eigenvalue weighted by molar-refractivity contribution is 0.0130. The molecule has 1 aromatic carbocycles. The largest absolute Gasteiger partial charge is 0.444 e. The summed E-state index contributed by atoms with van der Waals surface area (Å²) < 4.78 is 34.4. The van der Waals surface area contributed by atoms with Gasteiger partial charge in [0.05, 0.1) is 10.3 Å². The molecule has 1 aliphatic rings. The third kappa shape index (κ3) is 4.97. The van der Waals surface area contributed by atoms with Crippen LogP contribution >= 0.6 is 22.6 Å². The van der Waals surface area contributed by atoms with E-state index in [0.717, 1.165) is 9.13 Å². The SMILES string of the molecule is Cc1ccc(S(=O)(=O)n2cc(I)c3c(N4C[C@H](C)N(C(=O)OC(C)(C)C)CC4C)ncnc32)cc1. The molecule has 0 spiro atoms. The van der Waals surface area contributed by atoms with Gasteiger partial charge in [-0.1, -0.05) is 17.7 Å². The van der Waals surface area contributed by atoms with Gasteiger partial charge in [-0.25, -0.2) is 27.2 Å².